The molecule has 0 saturated carbocycles. The summed E-state index contributed by atoms with van der Waals surface area (Å²) >= 11 is 0. The van der Waals surface area contributed by atoms with Gasteiger partial charge in [-0.25, -0.2) is 0 Å². The Labute approximate surface area is 90.2 Å². The smallest absolute Gasteiger partial charge is 0.245 e. The van der Waals surface area contributed by atoms with Crippen molar-refractivity contribution >= 4 is 5.91 Å². The lowest BCUT2D eigenvalue weighted by molar-refractivity contribution is -0.126. The standard InChI is InChI=1S/C13H15NO/c1-3-13(15)14(2)12-8-10-6-4-5-7-11(10)9-12/h3-7,12H,1,8-9H2,2H3. The van der Waals surface area contributed by atoms with Gasteiger partial charge in [0.25, 0.3) is 0 Å². The summed E-state index contributed by atoms with van der Waals surface area (Å²) < 4.78 is 0. The van der Waals surface area contributed by atoms with Crippen LogP contribution in [0.5, 0.6) is 0 Å². The number of nitrogens with zero attached hydrogens (tertiary/aromatic N) is 1. The van der Waals surface area contributed by atoms with Crippen molar-refractivity contribution in [2.24, 2.45) is 0 Å². The molecule has 1 aliphatic rings. The lowest BCUT2D eigenvalue weighted by Crippen LogP contribution is -2.36. The number of carbonyl (C=O) groups excluding carboxylic acids is 1. The molecule has 0 aromatic heterocycles. The van der Waals surface area contributed by atoms with Crippen molar-refractivity contribution in [3.8, 4) is 0 Å². The molecule has 0 aliphatic heterocycles. The number of likely N-dealkylation sites (N-methyl/N-ethyl adjacent to an activating group) is 1. The highest BCUT2D eigenvalue weighted by Crippen LogP contribution is 2.24. The van der Waals surface area contributed by atoms with E-state index in [0.717, 1.165) is 12.8 Å². The number of hydrogen-bond donors (Lipinski definition) is 0. The number of fused-ring (bicyclic) bond motifs is 1. The van der Waals surface area contributed by atoms with Gasteiger partial charge in [0.05, 0.1) is 0 Å². The predicted octanol–water partition coefficient (Wildman–Crippen LogP) is 1.80. The van der Waals surface area contributed by atoms with E-state index in [0.29, 0.717) is 6.04 Å². The Morgan fingerprint density at radius 1 is 1.40 bits per heavy atom. The normalized spacial score (nSPS) is 14.7. The largest absolute Gasteiger partial charge is 0.339 e. The number of hydrogen-bond acceptors (Lipinski definition) is 1. The SMILES string of the molecule is C=CC(=O)N(C)C1Cc2ccccc2C1. The molecule has 1 aliphatic carbocycles. The Hall–Kier alpha value is -1.57. The number of benzene rings is 1. The van der Waals surface area contributed by atoms with Crippen LogP contribution >= 0.6 is 0 Å². The summed E-state index contributed by atoms with van der Waals surface area (Å²) in [5.41, 5.74) is 2.73. The summed E-state index contributed by atoms with van der Waals surface area (Å²) in [6.07, 6.45) is 3.31. The van der Waals surface area contributed by atoms with Crippen molar-refractivity contribution in [3.05, 3.63) is 48.0 Å². The highest BCUT2D eigenvalue weighted by molar-refractivity contribution is 5.87. The summed E-state index contributed by atoms with van der Waals surface area (Å²) in [6, 6.07) is 8.68. The maximum atomic E-state index is 11.5. The monoisotopic (exact) mass is 201 g/mol. The summed E-state index contributed by atoms with van der Waals surface area (Å²) in [5.74, 6) is 0.00723. The van der Waals surface area contributed by atoms with Crippen LogP contribution in [0.2, 0.25) is 0 Å². The molecule has 0 fully saturated rings. The minimum Gasteiger partial charge on any atom is -0.339 e. The van der Waals surface area contributed by atoms with Gasteiger partial charge in [0.1, 0.15) is 0 Å². The summed E-state index contributed by atoms with van der Waals surface area (Å²) in [5, 5.41) is 0. The second kappa shape index (κ2) is 3.89. The van der Waals surface area contributed by atoms with Gasteiger partial charge in [0.2, 0.25) is 5.91 Å². The Balaban J connectivity index is 2.13. The van der Waals surface area contributed by atoms with Gasteiger partial charge in [-0.15, -0.1) is 0 Å². The first-order valence-corrected chi connectivity index (χ1v) is 5.18. The first-order valence-electron chi connectivity index (χ1n) is 5.18. The molecule has 2 heteroatoms. The molecule has 0 N–H and O–H groups in total. The van der Waals surface area contributed by atoms with Gasteiger partial charge in [-0.1, -0.05) is 30.8 Å². The van der Waals surface area contributed by atoms with Crippen LogP contribution in [0.25, 0.3) is 0 Å². The van der Waals surface area contributed by atoms with E-state index in [1.54, 1.807) is 4.90 Å². The van der Waals surface area contributed by atoms with E-state index in [2.05, 4.69) is 30.8 Å². The van der Waals surface area contributed by atoms with Crippen molar-refractivity contribution in [1.29, 1.82) is 0 Å². The molecular formula is C13H15NO. The third-order valence-corrected chi connectivity index (χ3v) is 3.10. The summed E-state index contributed by atoms with van der Waals surface area (Å²) in [6.45, 7) is 3.51. The van der Waals surface area contributed by atoms with Crippen molar-refractivity contribution in [2.45, 2.75) is 18.9 Å². The fourth-order valence-electron chi connectivity index (χ4n) is 2.13. The zero-order chi connectivity index (χ0) is 10.8. The first kappa shape index (κ1) is 9.97. The van der Waals surface area contributed by atoms with Crippen LogP contribution in [-0.2, 0) is 17.6 Å². The van der Waals surface area contributed by atoms with E-state index in [1.807, 2.05) is 7.05 Å². The van der Waals surface area contributed by atoms with Crippen LogP contribution < -0.4 is 0 Å². The molecule has 0 unspecified atom stereocenters. The fraction of sp³-hybridized carbons (Fsp3) is 0.308. The molecule has 1 aromatic rings. The van der Waals surface area contributed by atoms with Crippen molar-refractivity contribution in [1.82, 2.24) is 4.90 Å². The third-order valence-electron chi connectivity index (χ3n) is 3.10. The van der Waals surface area contributed by atoms with E-state index in [1.165, 1.54) is 17.2 Å². The molecule has 0 saturated heterocycles. The van der Waals surface area contributed by atoms with Crippen molar-refractivity contribution < 1.29 is 4.79 Å². The topological polar surface area (TPSA) is 20.3 Å². The van der Waals surface area contributed by atoms with Gasteiger partial charge in [-0.3, -0.25) is 4.79 Å². The summed E-state index contributed by atoms with van der Waals surface area (Å²) in [4.78, 5) is 13.2. The zero-order valence-electron chi connectivity index (χ0n) is 8.94. The number of carbonyl (C=O) groups is 1. The number of amides is 1. The van der Waals surface area contributed by atoms with Crippen LogP contribution in [0.1, 0.15) is 11.1 Å². The van der Waals surface area contributed by atoms with Gasteiger partial charge in [0, 0.05) is 13.1 Å². The molecule has 78 valence electrons. The van der Waals surface area contributed by atoms with Gasteiger partial charge in [0.15, 0.2) is 0 Å². The van der Waals surface area contributed by atoms with Crippen LogP contribution in [-0.4, -0.2) is 23.9 Å². The molecular weight excluding hydrogens is 186 g/mol. The van der Waals surface area contributed by atoms with E-state index in [-0.39, 0.29) is 5.91 Å². The first-order chi connectivity index (χ1) is 7.22. The lowest BCUT2D eigenvalue weighted by atomic mass is 10.1. The molecule has 0 heterocycles. The molecule has 0 spiro atoms. The van der Waals surface area contributed by atoms with Gasteiger partial charge in [-0.05, 0) is 30.0 Å². The molecule has 15 heavy (non-hydrogen) atoms. The molecule has 0 atom stereocenters. The molecule has 0 bridgehead atoms. The predicted molar refractivity (Wildman–Crippen MR) is 60.6 cm³/mol. The average molecular weight is 201 g/mol. The third kappa shape index (κ3) is 1.80. The maximum Gasteiger partial charge on any atom is 0.245 e. The van der Waals surface area contributed by atoms with Crippen molar-refractivity contribution in [2.75, 3.05) is 7.05 Å². The van der Waals surface area contributed by atoms with E-state index >= 15 is 0 Å². The maximum absolute atomic E-state index is 11.5. The quantitative estimate of drug-likeness (QED) is 0.668. The Kier molecular flexibility index (Phi) is 2.58. The van der Waals surface area contributed by atoms with Crippen molar-refractivity contribution in [3.63, 3.8) is 0 Å². The Bertz CT molecular complexity index is 372. The van der Waals surface area contributed by atoms with Crippen LogP contribution in [0.3, 0.4) is 0 Å². The Morgan fingerprint density at radius 3 is 2.40 bits per heavy atom. The fourth-order valence-corrected chi connectivity index (χ4v) is 2.13. The molecule has 0 radical (unpaired) electrons. The van der Waals surface area contributed by atoms with Gasteiger partial charge in [-0.2, -0.15) is 0 Å². The van der Waals surface area contributed by atoms with Crippen LogP contribution in [0.4, 0.5) is 0 Å². The average Bonchev–Trinajstić information content (AvgIpc) is 2.70. The molecule has 1 amide bonds. The highest BCUT2D eigenvalue weighted by atomic mass is 16.2. The zero-order valence-corrected chi connectivity index (χ0v) is 8.94. The lowest BCUT2D eigenvalue weighted by Gasteiger charge is -2.22. The molecule has 2 rings (SSSR count). The summed E-state index contributed by atoms with van der Waals surface area (Å²) in [7, 11) is 1.85. The minimum atomic E-state index is 0.00723. The van der Waals surface area contributed by atoms with Crippen LogP contribution in [0.15, 0.2) is 36.9 Å². The second-order valence-corrected chi connectivity index (χ2v) is 3.98. The molecule has 2 nitrogen and oxygen atoms in total. The van der Waals surface area contributed by atoms with Gasteiger partial charge < -0.3 is 4.90 Å². The second-order valence-electron chi connectivity index (χ2n) is 3.98. The van der Waals surface area contributed by atoms with Gasteiger partial charge >= 0.3 is 0 Å². The minimum absolute atomic E-state index is 0.00723. The van der Waals surface area contributed by atoms with E-state index in [9.17, 15) is 4.79 Å². The highest BCUT2D eigenvalue weighted by Gasteiger charge is 2.25. The Morgan fingerprint density at radius 2 is 1.93 bits per heavy atom. The van der Waals surface area contributed by atoms with E-state index in [4.69, 9.17) is 0 Å². The van der Waals surface area contributed by atoms with Crippen LogP contribution in [0, 0.1) is 0 Å². The molecule has 1 aromatic carbocycles. The van der Waals surface area contributed by atoms with E-state index < -0.39 is 0 Å². The number of rotatable bonds is 2.